The third-order valence-corrected chi connectivity index (χ3v) is 6.45. The highest BCUT2D eigenvalue weighted by Gasteiger charge is 2.61. The van der Waals surface area contributed by atoms with E-state index in [1.807, 2.05) is 6.92 Å². The molecule has 0 bridgehead atoms. The quantitative estimate of drug-likeness (QED) is 0.585. The summed E-state index contributed by atoms with van der Waals surface area (Å²) < 4.78 is 5.56. The van der Waals surface area contributed by atoms with Gasteiger partial charge in [0.15, 0.2) is 5.78 Å². The summed E-state index contributed by atoms with van der Waals surface area (Å²) in [5, 5.41) is 13.6. The Labute approximate surface area is 147 Å². The molecule has 1 heterocycles. The number of hydrogen-bond acceptors (Lipinski definition) is 7. The second kappa shape index (κ2) is 6.61. The van der Waals surface area contributed by atoms with Crippen molar-refractivity contribution in [1.29, 1.82) is 0 Å². The van der Waals surface area contributed by atoms with Crippen LogP contribution in [0.1, 0.15) is 46.0 Å². The number of esters is 1. The van der Waals surface area contributed by atoms with Gasteiger partial charge in [0.25, 0.3) is 0 Å². The first-order valence-electron chi connectivity index (χ1n) is 9.02. The van der Waals surface area contributed by atoms with Crippen LogP contribution in [0, 0.1) is 22.7 Å². The van der Waals surface area contributed by atoms with Gasteiger partial charge in [-0.1, -0.05) is 17.7 Å². The molecular formula is C18H26N2O5. The molecule has 1 aliphatic heterocycles. The molecule has 1 saturated heterocycles. The number of ketones is 1. The first-order chi connectivity index (χ1) is 11.8. The van der Waals surface area contributed by atoms with E-state index in [1.54, 1.807) is 13.0 Å². The van der Waals surface area contributed by atoms with Gasteiger partial charge in [-0.15, -0.1) is 0 Å². The third-order valence-electron chi connectivity index (χ3n) is 6.45. The average Bonchev–Trinajstić information content (AvgIpc) is 2.56. The first-order valence-corrected chi connectivity index (χ1v) is 9.02. The lowest BCUT2D eigenvalue weighted by Gasteiger charge is -2.57. The molecule has 0 radical (unpaired) electrons. The SMILES string of the molecule is CCC(O)C(N=O)C1(N)C2CCC(=O)OC2CC2C(C)=CC(=O)CC21. The number of rotatable bonds is 4. The number of aliphatic hydroxyl groups excluding tert-OH is 1. The molecule has 3 N–H and O–H groups in total. The van der Waals surface area contributed by atoms with E-state index in [-0.39, 0.29) is 42.3 Å². The van der Waals surface area contributed by atoms with Crippen molar-refractivity contribution < 1.29 is 19.4 Å². The summed E-state index contributed by atoms with van der Waals surface area (Å²) in [6.07, 6.45) is 2.12. The zero-order chi connectivity index (χ0) is 18.4. The summed E-state index contributed by atoms with van der Waals surface area (Å²) >= 11 is 0. The Hall–Kier alpha value is -1.60. The van der Waals surface area contributed by atoms with Crippen LogP contribution in [0.4, 0.5) is 0 Å². The molecular weight excluding hydrogens is 324 g/mol. The molecule has 25 heavy (non-hydrogen) atoms. The average molecular weight is 350 g/mol. The van der Waals surface area contributed by atoms with Gasteiger partial charge < -0.3 is 15.6 Å². The summed E-state index contributed by atoms with van der Waals surface area (Å²) in [6.45, 7) is 3.64. The van der Waals surface area contributed by atoms with Crippen LogP contribution < -0.4 is 5.73 Å². The largest absolute Gasteiger partial charge is 0.462 e. The number of nitrogens with two attached hydrogens (primary N) is 1. The van der Waals surface area contributed by atoms with Crippen LogP contribution in [-0.2, 0) is 14.3 Å². The minimum absolute atomic E-state index is 0.0181. The molecule has 7 atom stereocenters. The molecule has 0 aromatic heterocycles. The maximum absolute atomic E-state index is 12.2. The fourth-order valence-corrected chi connectivity index (χ4v) is 5.21. The van der Waals surface area contributed by atoms with Crippen LogP contribution in [0.3, 0.4) is 0 Å². The molecule has 7 unspecified atom stereocenters. The number of carbonyl (C=O) groups is 2. The molecule has 0 spiro atoms. The topological polar surface area (TPSA) is 119 Å². The van der Waals surface area contributed by atoms with Crippen LogP contribution >= 0.6 is 0 Å². The number of aliphatic hydroxyl groups is 1. The third kappa shape index (κ3) is 2.83. The second-order valence-corrected chi connectivity index (χ2v) is 7.71. The maximum Gasteiger partial charge on any atom is 0.306 e. The van der Waals surface area contributed by atoms with Crippen LogP contribution in [0.5, 0.6) is 0 Å². The van der Waals surface area contributed by atoms with Crippen LogP contribution in [0.15, 0.2) is 16.8 Å². The summed E-state index contributed by atoms with van der Waals surface area (Å²) in [7, 11) is 0. The minimum Gasteiger partial charge on any atom is -0.462 e. The maximum atomic E-state index is 12.2. The summed E-state index contributed by atoms with van der Waals surface area (Å²) in [6, 6.07) is -1.03. The highest BCUT2D eigenvalue weighted by Crippen LogP contribution is 2.53. The Morgan fingerprint density at radius 1 is 1.44 bits per heavy atom. The molecule has 0 aromatic rings. The molecule has 1 saturated carbocycles. The van der Waals surface area contributed by atoms with E-state index in [0.29, 0.717) is 19.3 Å². The van der Waals surface area contributed by atoms with Gasteiger partial charge in [0.2, 0.25) is 0 Å². The number of hydrogen-bond donors (Lipinski definition) is 2. The monoisotopic (exact) mass is 350 g/mol. The highest BCUT2D eigenvalue weighted by atomic mass is 16.5. The van der Waals surface area contributed by atoms with Crippen molar-refractivity contribution in [3.63, 3.8) is 0 Å². The first kappa shape index (κ1) is 18.2. The number of allylic oxidation sites excluding steroid dienone is 2. The van der Waals surface area contributed by atoms with Gasteiger partial charge in [-0.2, -0.15) is 4.91 Å². The molecule has 7 heteroatoms. The predicted molar refractivity (Wildman–Crippen MR) is 90.4 cm³/mol. The van der Waals surface area contributed by atoms with Crippen molar-refractivity contribution in [3.05, 3.63) is 16.6 Å². The van der Waals surface area contributed by atoms with E-state index in [2.05, 4.69) is 5.18 Å². The van der Waals surface area contributed by atoms with Crippen LogP contribution in [0.25, 0.3) is 0 Å². The van der Waals surface area contributed by atoms with Gasteiger partial charge in [0.05, 0.1) is 11.6 Å². The molecule has 138 valence electrons. The van der Waals surface area contributed by atoms with Crippen LogP contribution in [-0.4, -0.2) is 40.6 Å². The van der Waals surface area contributed by atoms with Gasteiger partial charge in [0, 0.05) is 18.8 Å². The zero-order valence-electron chi connectivity index (χ0n) is 14.7. The van der Waals surface area contributed by atoms with Crippen LogP contribution in [0.2, 0.25) is 0 Å². The Kier molecular flexibility index (Phi) is 4.81. The molecule has 3 aliphatic rings. The number of nitroso groups, excluding NO2 is 1. The molecule has 2 aliphatic carbocycles. The lowest BCUT2D eigenvalue weighted by Crippen LogP contribution is -2.71. The predicted octanol–water partition coefficient (Wildman–Crippen LogP) is 1.47. The van der Waals surface area contributed by atoms with Gasteiger partial charge in [-0.05, 0) is 44.1 Å². The number of nitrogens with zero attached hydrogens (tertiary/aromatic N) is 1. The number of ether oxygens (including phenoxy) is 1. The van der Waals surface area contributed by atoms with E-state index in [9.17, 15) is 19.6 Å². The second-order valence-electron chi connectivity index (χ2n) is 7.71. The zero-order valence-corrected chi connectivity index (χ0v) is 14.7. The smallest absolute Gasteiger partial charge is 0.306 e. The molecule has 3 rings (SSSR count). The minimum atomic E-state index is -1.17. The number of carbonyl (C=O) groups excluding carboxylic acids is 2. The van der Waals surface area contributed by atoms with Crippen molar-refractivity contribution in [1.82, 2.24) is 0 Å². The van der Waals surface area contributed by atoms with Crippen molar-refractivity contribution in [2.24, 2.45) is 28.7 Å². The van der Waals surface area contributed by atoms with E-state index in [1.165, 1.54) is 0 Å². The lowest BCUT2D eigenvalue weighted by atomic mass is 9.52. The molecule has 2 fully saturated rings. The molecule has 0 amide bonds. The highest BCUT2D eigenvalue weighted by molar-refractivity contribution is 5.91. The fraction of sp³-hybridized carbons (Fsp3) is 0.778. The van der Waals surface area contributed by atoms with E-state index in [4.69, 9.17) is 10.5 Å². The summed E-state index contributed by atoms with van der Waals surface area (Å²) in [5.41, 5.74) is 6.57. The fourth-order valence-electron chi connectivity index (χ4n) is 5.21. The standard InChI is InChI=1S/C18H26N2O5/c1-3-14(22)17(20-24)18(19)12-4-5-16(23)25-15(12)8-11-9(2)6-10(21)7-13(11)18/h6,11-15,17,22H,3-5,7-8,19H2,1-2H3. The van der Waals surface area contributed by atoms with E-state index >= 15 is 0 Å². The van der Waals surface area contributed by atoms with Gasteiger partial charge in [-0.3, -0.25) is 9.59 Å². The Bertz CT molecular complexity index is 619. The van der Waals surface area contributed by atoms with E-state index in [0.717, 1.165) is 5.57 Å². The van der Waals surface area contributed by atoms with Crippen molar-refractivity contribution in [2.45, 2.75) is 69.7 Å². The van der Waals surface area contributed by atoms with E-state index < -0.39 is 23.8 Å². The Balaban J connectivity index is 2.09. The van der Waals surface area contributed by atoms with Gasteiger partial charge in [0.1, 0.15) is 12.1 Å². The van der Waals surface area contributed by atoms with Crippen molar-refractivity contribution >= 4 is 11.8 Å². The van der Waals surface area contributed by atoms with Crippen molar-refractivity contribution in [3.8, 4) is 0 Å². The van der Waals surface area contributed by atoms with Crippen molar-refractivity contribution in [2.75, 3.05) is 0 Å². The van der Waals surface area contributed by atoms with Gasteiger partial charge >= 0.3 is 5.97 Å². The molecule has 7 nitrogen and oxygen atoms in total. The summed E-state index contributed by atoms with van der Waals surface area (Å²) in [4.78, 5) is 35.7. The lowest BCUT2D eigenvalue weighted by molar-refractivity contribution is -0.174. The molecule has 0 aromatic carbocycles. The number of fused-ring (bicyclic) bond motifs is 2. The summed E-state index contributed by atoms with van der Waals surface area (Å²) in [5.74, 6) is -0.901. The Morgan fingerprint density at radius 3 is 2.80 bits per heavy atom. The van der Waals surface area contributed by atoms with Gasteiger partial charge in [-0.25, -0.2) is 0 Å². The Morgan fingerprint density at radius 2 is 2.16 bits per heavy atom. The normalized spacial score (nSPS) is 40.2.